The molecular formula is C20H22FN3O4S. The summed E-state index contributed by atoms with van der Waals surface area (Å²) in [5.74, 6) is -1.07. The number of benzene rings is 2. The highest BCUT2D eigenvalue weighted by Gasteiger charge is 2.29. The fraction of sp³-hybridized carbons (Fsp3) is 0.300. The zero-order valence-electron chi connectivity index (χ0n) is 16.1. The second-order valence-corrected chi connectivity index (χ2v) is 9.10. The predicted octanol–water partition coefficient (Wildman–Crippen LogP) is 2.74. The second kappa shape index (κ2) is 8.30. The van der Waals surface area contributed by atoms with Gasteiger partial charge >= 0.3 is 0 Å². The van der Waals surface area contributed by atoms with E-state index in [-0.39, 0.29) is 16.7 Å². The Morgan fingerprint density at radius 1 is 1.10 bits per heavy atom. The smallest absolute Gasteiger partial charge is 0.243 e. The lowest BCUT2D eigenvalue weighted by Crippen LogP contribution is -2.35. The minimum absolute atomic E-state index is 0.0451. The number of rotatable bonds is 7. The molecule has 3 rings (SSSR count). The summed E-state index contributed by atoms with van der Waals surface area (Å²) in [6.07, 6.45) is 1.77. The number of hydrogen-bond acceptors (Lipinski definition) is 4. The molecule has 0 radical (unpaired) electrons. The summed E-state index contributed by atoms with van der Waals surface area (Å²) >= 11 is 0. The number of nitrogens with one attached hydrogen (secondary N) is 2. The van der Waals surface area contributed by atoms with E-state index >= 15 is 0 Å². The van der Waals surface area contributed by atoms with Crippen LogP contribution in [0.2, 0.25) is 0 Å². The Morgan fingerprint density at radius 2 is 1.76 bits per heavy atom. The molecular weight excluding hydrogens is 397 g/mol. The highest BCUT2D eigenvalue weighted by Crippen LogP contribution is 2.30. The number of carbonyl (C=O) groups excluding carboxylic acids is 2. The molecule has 2 amide bonds. The Morgan fingerprint density at radius 3 is 2.38 bits per heavy atom. The molecule has 0 atom stereocenters. The van der Waals surface area contributed by atoms with Crippen LogP contribution in [0, 0.1) is 18.7 Å². The molecule has 1 saturated carbocycles. The third-order valence-corrected chi connectivity index (χ3v) is 6.43. The molecule has 1 aliphatic carbocycles. The average Bonchev–Trinajstić information content (AvgIpc) is 3.50. The highest BCUT2D eigenvalue weighted by molar-refractivity contribution is 7.89. The summed E-state index contributed by atoms with van der Waals surface area (Å²) in [4.78, 5) is 24.2. The van der Waals surface area contributed by atoms with Gasteiger partial charge in [-0.05, 0) is 61.7 Å². The van der Waals surface area contributed by atoms with E-state index in [1.165, 1.54) is 7.05 Å². The van der Waals surface area contributed by atoms with E-state index in [0.29, 0.717) is 11.4 Å². The molecule has 2 aromatic carbocycles. The van der Waals surface area contributed by atoms with Crippen molar-refractivity contribution >= 4 is 33.2 Å². The standard InChI is InChI=1S/C20H22FN3O4S/c1-13-3-8-16(22-20(26)14-4-5-14)11-18(13)23-19(25)12-24(2)29(27,28)17-9-6-15(21)7-10-17/h3,6-11,14H,4-5,12H2,1-2H3,(H,22,26)(H,23,25). The van der Waals surface area contributed by atoms with Crippen LogP contribution < -0.4 is 10.6 Å². The van der Waals surface area contributed by atoms with Crippen molar-refractivity contribution in [1.82, 2.24) is 4.31 Å². The van der Waals surface area contributed by atoms with Crippen molar-refractivity contribution in [2.75, 3.05) is 24.2 Å². The van der Waals surface area contributed by atoms with Gasteiger partial charge < -0.3 is 10.6 Å². The minimum atomic E-state index is -3.93. The lowest BCUT2D eigenvalue weighted by molar-refractivity contribution is -0.117. The summed E-state index contributed by atoms with van der Waals surface area (Å²) in [5.41, 5.74) is 1.82. The van der Waals surface area contributed by atoms with Gasteiger partial charge in [0, 0.05) is 24.3 Å². The van der Waals surface area contributed by atoms with Crippen LogP contribution in [-0.2, 0) is 19.6 Å². The van der Waals surface area contributed by atoms with E-state index in [1.807, 2.05) is 0 Å². The number of nitrogens with zero attached hydrogens (tertiary/aromatic N) is 1. The van der Waals surface area contributed by atoms with Crippen molar-refractivity contribution in [1.29, 1.82) is 0 Å². The van der Waals surface area contributed by atoms with Gasteiger partial charge in [-0.3, -0.25) is 9.59 Å². The molecule has 29 heavy (non-hydrogen) atoms. The molecule has 0 unspecified atom stereocenters. The Hall–Kier alpha value is -2.78. The molecule has 0 spiro atoms. The normalized spacial score (nSPS) is 13.9. The molecule has 0 saturated heterocycles. The number of anilines is 2. The van der Waals surface area contributed by atoms with Gasteiger partial charge in [0.2, 0.25) is 21.8 Å². The van der Waals surface area contributed by atoms with Crippen molar-refractivity contribution < 1.29 is 22.4 Å². The molecule has 7 nitrogen and oxygen atoms in total. The van der Waals surface area contributed by atoms with Crippen LogP contribution in [0.4, 0.5) is 15.8 Å². The zero-order chi connectivity index (χ0) is 21.2. The number of aryl methyl sites for hydroxylation is 1. The Kier molecular flexibility index (Phi) is 5.99. The molecule has 1 fully saturated rings. The summed E-state index contributed by atoms with van der Waals surface area (Å²) in [5, 5.41) is 5.48. The fourth-order valence-electron chi connectivity index (χ4n) is 2.69. The van der Waals surface area contributed by atoms with E-state index in [2.05, 4.69) is 10.6 Å². The quantitative estimate of drug-likeness (QED) is 0.721. The van der Waals surface area contributed by atoms with E-state index in [1.54, 1.807) is 25.1 Å². The first kappa shape index (κ1) is 20.9. The lowest BCUT2D eigenvalue weighted by atomic mass is 10.1. The van der Waals surface area contributed by atoms with E-state index in [0.717, 1.165) is 47.0 Å². The van der Waals surface area contributed by atoms with Crippen molar-refractivity contribution in [3.63, 3.8) is 0 Å². The first-order valence-electron chi connectivity index (χ1n) is 9.10. The van der Waals surface area contributed by atoms with E-state index in [9.17, 15) is 22.4 Å². The third-order valence-electron chi connectivity index (χ3n) is 4.62. The maximum Gasteiger partial charge on any atom is 0.243 e. The SMILES string of the molecule is Cc1ccc(NC(=O)C2CC2)cc1NC(=O)CN(C)S(=O)(=O)c1ccc(F)cc1. The maximum absolute atomic E-state index is 13.0. The van der Waals surface area contributed by atoms with Gasteiger partial charge in [0.1, 0.15) is 5.82 Å². The van der Waals surface area contributed by atoms with Crippen LogP contribution in [0.5, 0.6) is 0 Å². The molecule has 154 valence electrons. The number of hydrogen-bond donors (Lipinski definition) is 2. The Bertz CT molecular complexity index is 1030. The van der Waals surface area contributed by atoms with Crippen LogP contribution >= 0.6 is 0 Å². The average molecular weight is 419 g/mol. The predicted molar refractivity (Wildman–Crippen MR) is 107 cm³/mol. The lowest BCUT2D eigenvalue weighted by Gasteiger charge is -2.18. The van der Waals surface area contributed by atoms with Crippen molar-refractivity contribution in [3.05, 3.63) is 53.8 Å². The second-order valence-electron chi connectivity index (χ2n) is 7.06. The van der Waals surface area contributed by atoms with Gasteiger partial charge in [-0.15, -0.1) is 0 Å². The first-order valence-corrected chi connectivity index (χ1v) is 10.5. The molecule has 0 aromatic heterocycles. The molecule has 0 aliphatic heterocycles. The first-order chi connectivity index (χ1) is 13.7. The van der Waals surface area contributed by atoms with Gasteiger partial charge in [0.05, 0.1) is 11.4 Å². The summed E-state index contributed by atoms with van der Waals surface area (Å²) in [6.45, 7) is 1.37. The van der Waals surface area contributed by atoms with Crippen LogP contribution in [0.1, 0.15) is 18.4 Å². The topological polar surface area (TPSA) is 95.6 Å². The fourth-order valence-corrected chi connectivity index (χ4v) is 3.81. The monoisotopic (exact) mass is 419 g/mol. The van der Waals surface area contributed by atoms with Crippen LogP contribution in [0.25, 0.3) is 0 Å². The van der Waals surface area contributed by atoms with Crippen LogP contribution in [0.3, 0.4) is 0 Å². The Labute approximate surface area is 169 Å². The number of carbonyl (C=O) groups is 2. The van der Waals surface area contributed by atoms with Crippen molar-refractivity contribution in [3.8, 4) is 0 Å². The number of sulfonamides is 1. The molecule has 2 N–H and O–H groups in total. The van der Waals surface area contributed by atoms with Crippen molar-refractivity contribution in [2.45, 2.75) is 24.7 Å². The van der Waals surface area contributed by atoms with Gasteiger partial charge in [-0.1, -0.05) is 6.07 Å². The van der Waals surface area contributed by atoms with Gasteiger partial charge in [0.15, 0.2) is 0 Å². The van der Waals surface area contributed by atoms with Gasteiger partial charge in [-0.25, -0.2) is 12.8 Å². The highest BCUT2D eigenvalue weighted by atomic mass is 32.2. The summed E-state index contributed by atoms with van der Waals surface area (Å²) < 4.78 is 39.0. The number of likely N-dealkylation sites (N-methyl/N-ethyl adjacent to an activating group) is 1. The molecule has 1 aliphatic rings. The molecule has 9 heteroatoms. The number of halogens is 1. The van der Waals surface area contributed by atoms with E-state index < -0.39 is 28.3 Å². The van der Waals surface area contributed by atoms with Crippen LogP contribution in [0.15, 0.2) is 47.4 Å². The largest absolute Gasteiger partial charge is 0.326 e. The molecule has 0 bridgehead atoms. The zero-order valence-corrected chi connectivity index (χ0v) is 16.9. The van der Waals surface area contributed by atoms with E-state index in [4.69, 9.17) is 0 Å². The summed E-state index contributed by atoms with van der Waals surface area (Å²) in [7, 11) is -2.66. The van der Waals surface area contributed by atoms with Gasteiger partial charge in [0.25, 0.3) is 0 Å². The third kappa shape index (κ3) is 5.18. The summed E-state index contributed by atoms with van der Waals surface area (Å²) in [6, 6.07) is 9.54. The minimum Gasteiger partial charge on any atom is -0.326 e. The van der Waals surface area contributed by atoms with Crippen molar-refractivity contribution in [2.24, 2.45) is 5.92 Å². The number of amides is 2. The molecule has 0 heterocycles. The maximum atomic E-state index is 13.0. The van der Waals surface area contributed by atoms with Gasteiger partial charge in [-0.2, -0.15) is 4.31 Å². The van der Waals surface area contributed by atoms with Crippen LogP contribution in [-0.4, -0.2) is 38.1 Å². The molecule has 2 aromatic rings. The Balaban J connectivity index is 1.66.